The number of benzene rings is 1. The summed E-state index contributed by atoms with van der Waals surface area (Å²) in [6.45, 7) is 0. The predicted octanol–water partition coefficient (Wildman–Crippen LogP) is 3.82. The summed E-state index contributed by atoms with van der Waals surface area (Å²) in [6, 6.07) is 5.54. The average molecular weight is 285 g/mol. The predicted molar refractivity (Wildman–Crippen MR) is 76.7 cm³/mol. The van der Waals surface area contributed by atoms with Crippen LogP contribution in [0, 0.1) is 0 Å². The third kappa shape index (κ3) is 2.63. The van der Waals surface area contributed by atoms with E-state index in [0.29, 0.717) is 21.5 Å². The lowest BCUT2D eigenvalue weighted by molar-refractivity contribution is 1.32. The Labute approximate surface area is 115 Å². The highest BCUT2D eigenvalue weighted by Crippen LogP contribution is 2.35. The molecule has 0 spiro atoms. The molecule has 0 aliphatic rings. The molecule has 88 valence electrons. The lowest BCUT2D eigenvalue weighted by Gasteiger charge is -2.06. The van der Waals surface area contributed by atoms with Gasteiger partial charge in [0, 0.05) is 29.9 Å². The molecule has 0 saturated carbocycles. The Morgan fingerprint density at radius 2 is 2.00 bits per heavy atom. The van der Waals surface area contributed by atoms with Gasteiger partial charge in [0.1, 0.15) is 0 Å². The standard InChI is InChI=1S/C12H10Cl2N2S/c13-10-3-1-2-8(12(10)14)9-6-16-5-7(9)4-11(15)17/h1-3,5-6,16H,4H2,(H2,15,17). The third-order valence-electron chi connectivity index (χ3n) is 2.44. The molecule has 5 heteroatoms. The van der Waals surface area contributed by atoms with E-state index >= 15 is 0 Å². The Morgan fingerprint density at radius 1 is 1.24 bits per heavy atom. The summed E-state index contributed by atoms with van der Waals surface area (Å²) in [4.78, 5) is 3.48. The van der Waals surface area contributed by atoms with Gasteiger partial charge in [-0.3, -0.25) is 0 Å². The number of thiocarbonyl (C=S) groups is 1. The van der Waals surface area contributed by atoms with E-state index in [4.69, 9.17) is 41.2 Å². The minimum Gasteiger partial charge on any atom is -0.393 e. The van der Waals surface area contributed by atoms with Gasteiger partial charge >= 0.3 is 0 Å². The monoisotopic (exact) mass is 284 g/mol. The molecule has 0 bridgehead atoms. The molecule has 3 N–H and O–H groups in total. The molecule has 0 amide bonds. The molecule has 0 saturated heterocycles. The second-order valence-electron chi connectivity index (χ2n) is 3.64. The van der Waals surface area contributed by atoms with Crippen LogP contribution in [0.15, 0.2) is 30.6 Å². The first-order chi connectivity index (χ1) is 8.09. The molecule has 0 unspecified atom stereocenters. The summed E-state index contributed by atoms with van der Waals surface area (Å²) in [5, 5.41) is 1.07. The average Bonchev–Trinajstić information content (AvgIpc) is 2.69. The molecule has 0 radical (unpaired) electrons. The number of rotatable bonds is 3. The van der Waals surface area contributed by atoms with Gasteiger partial charge in [0.15, 0.2) is 0 Å². The maximum absolute atomic E-state index is 6.18. The molecule has 0 fully saturated rings. The highest BCUT2D eigenvalue weighted by molar-refractivity contribution is 7.80. The number of H-pyrrole nitrogens is 1. The van der Waals surface area contributed by atoms with E-state index in [2.05, 4.69) is 4.98 Å². The zero-order chi connectivity index (χ0) is 12.4. The Balaban J connectivity index is 2.50. The molecule has 0 aliphatic heterocycles. The normalized spacial score (nSPS) is 10.5. The van der Waals surface area contributed by atoms with Crippen molar-refractivity contribution < 1.29 is 0 Å². The second-order valence-corrected chi connectivity index (χ2v) is 4.95. The zero-order valence-electron chi connectivity index (χ0n) is 8.84. The fourth-order valence-corrected chi connectivity index (χ4v) is 2.25. The lowest BCUT2D eigenvalue weighted by atomic mass is 10.0. The molecule has 0 aliphatic carbocycles. The fourth-order valence-electron chi connectivity index (χ4n) is 1.69. The van der Waals surface area contributed by atoms with Gasteiger partial charge in [-0.2, -0.15) is 0 Å². The first-order valence-corrected chi connectivity index (χ1v) is 6.14. The van der Waals surface area contributed by atoms with Crippen molar-refractivity contribution in [3.05, 3.63) is 46.2 Å². The molecule has 1 aromatic heterocycles. The van der Waals surface area contributed by atoms with E-state index in [0.717, 1.165) is 16.7 Å². The molecule has 1 heterocycles. The fraction of sp³-hybridized carbons (Fsp3) is 0.0833. The van der Waals surface area contributed by atoms with E-state index in [1.165, 1.54) is 0 Å². The van der Waals surface area contributed by atoms with Crippen LogP contribution < -0.4 is 5.73 Å². The van der Waals surface area contributed by atoms with Crippen molar-refractivity contribution in [2.24, 2.45) is 5.73 Å². The number of nitrogens with two attached hydrogens (primary N) is 1. The Morgan fingerprint density at radius 3 is 2.71 bits per heavy atom. The summed E-state index contributed by atoms with van der Waals surface area (Å²) in [5.41, 5.74) is 8.43. The van der Waals surface area contributed by atoms with E-state index in [-0.39, 0.29) is 0 Å². The van der Waals surface area contributed by atoms with Gasteiger partial charge in [0.05, 0.1) is 15.0 Å². The second kappa shape index (κ2) is 5.08. The number of nitrogens with one attached hydrogen (secondary N) is 1. The topological polar surface area (TPSA) is 41.8 Å². The summed E-state index contributed by atoms with van der Waals surface area (Å²) in [6.07, 6.45) is 4.27. The first-order valence-electron chi connectivity index (χ1n) is 4.98. The van der Waals surface area contributed by atoms with Crippen molar-refractivity contribution in [3.8, 4) is 11.1 Å². The quantitative estimate of drug-likeness (QED) is 0.842. The van der Waals surface area contributed by atoms with Gasteiger partial charge in [-0.25, -0.2) is 0 Å². The van der Waals surface area contributed by atoms with Crippen LogP contribution in [0.4, 0.5) is 0 Å². The number of aromatic nitrogens is 1. The Bertz CT molecular complexity index is 563. The number of halogens is 2. The van der Waals surface area contributed by atoms with Gasteiger partial charge in [0.25, 0.3) is 0 Å². The maximum atomic E-state index is 6.18. The Hall–Kier alpha value is -1.03. The van der Waals surface area contributed by atoms with Crippen molar-refractivity contribution in [1.82, 2.24) is 4.98 Å². The van der Waals surface area contributed by atoms with E-state index in [1.807, 2.05) is 24.5 Å². The molecule has 1 aromatic carbocycles. The molecule has 17 heavy (non-hydrogen) atoms. The van der Waals surface area contributed by atoms with E-state index in [1.54, 1.807) is 6.07 Å². The van der Waals surface area contributed by atoms with Gasteiger partial charge in [0.2, 0.25) is 0 Å². The van der Waals surface area contributed by atoms with Gasteiger partial charge < -0.3 is 10.7 Å². The number of hydrogen-bond donors (Lipinski definition) is 2. The van der Waals surface area contributed by atoms with Gasteiger partial charge in [-0.15, -0.1) is 0 Å². The largest absolute Gasteiger partial charge is 0.393 e. The summed E-state index contributed by atoms with van der Waals surface area (Å²) in [7, 11) is 0. The highest BCUT2D eigenvalue weighted by atomic mass is 35.5. The summed E-state index contributed by atoms with van der Waals surface area (Å²) < 4.78 is 0. The Kier molecular flexibility index (Phi) is 3.72. The van der Waals surface area contributed by atoms with Crippen LogP contribution in [0.1, 0.15) is 5.56 Å². The van der Waals surface area contributed by atoms with Crippen LogP contribution in [-0.4, -0.2) is 9.97 Å². The minimum absolute atomic E-state index is 0.448. The van der Waals surface area contributed by atoms with Gasteiger partial charge in [-0.05, 0) is 11.6 Å². The molecular weight excluding hydrogens is 275 g/mol. The minimum atomic E-state index is 0.448. The molecule has 2 rings (SSSR count). The van der Waals surface area contributed by atoms with Crippen molar-refractivity contribution in [1.29, 1.82) is 0 Å². The maximum Gasteiger partial charge on any atom is 0.0772 e. The summed E-state index contributed by atoms with van der Waals surface area (Å²) >= 11 is 17.1. The van der Waals surface area contributed by atoms with Crippen molar-refractivity contribution in [3.63, 3.8) is 0 Å². The zero-order valence-corrected chi connectivity index (χ0v) is 11.2. The van der Waals surface area contributed by atoms with Crippen LogP contribution in [0.5, 0.6) is 0 Å². The lowest BCUT2D eigenvalue weighted by Crippen LogP contribution is -2.11. The van der Waals surface area contributed by atoms with Crippen molar-refractivity contribution in [2.45, 2.75) is 6.42 Å². The van der Waals surface area contributed by atoms with E-state index in [9.17, 15) is 0 Å². The smallest absolute Gasteiger partial charge is 0.0772 e. The van der Waals surface area contributed by atoms with Crippen LogP contribution in [0.2, 0.25) is 10.0 Å². The first kappa shape index (κ1) is 12.4. The molecule has 2 nitrogen and oxygen atoms in total. The van der Waals surface area contributed by atoms with E-state index < -0.39 is 0 Å². The molecule has 2 aromatic rings. The van der Waals surface area contributed by atoms with Crippen LogP contribution in [0.25, 0.3) is 11.1 Å². The summed E-state index contributed by atoms with van der Waals surface area (Å²) in [5.74, 6) is 0. The van der Waals surface area contributed by atoms with Crippen LogP contribution in [-0.2, 0) is 6.42 Å². The van der Waals surface area contributed by atoms with Crippen molar-refractivity contribution in [2.75, 3.05) is 0 Å². The SMILES string of the molecule is NC(=S)Cc1c[nH]cc1-c1cccc(Cl)c1Cl. The number of aromatic amines is 1. The highest BCUT2D eigenvalue weighted by Gasteiger charge is 2.12. The van der Waals surface area contributed by atoms with Crippen LogP contribution in [0.3, 0.4) is 0 Å². The molecular formula is C12H10Cl2N2S. The molecule has 0 atom stereocenters. The van der Waals surface area contributed by atoms with Crippen molar-refractivity contribution >= 4 is 40.4 Å². The van der Waals surface area contributed by atoms with Crippen LogP contribution >= 0.6 is 35.4 Å². The third-order valence-corrected chi connectivity index (χ3v) is 3.40. The number of hydrogen-bond acceptors (Lipinski definition) is 1. The van der Waals surface area contributed by atoms with Gasteiger partial charge in [-0.1, -0.05) is 47.6 Å².